The van der Waals surface area contributed by atoms with E-state index in [2.05, 4.69) is 15.6 Å². The zero-order valence-electron chi connectivity index (χ0n) is 13.0. The fourth-order valence-corrected chi connectivity index (χ4v) is 4.21. The van der Waals surface area contributed by atoms with Crippen molar-refractivity contribution in [2.24, 2.45) is 11.8 Å². The largest absolute Gasteiger partial charge is 0.396 e. The summed E-state index contributed by atoms with van der Waals surface area (Å²) >= 11 is 1.66. The first-order valence-electron chi connectivity index (χ1n) is 8.27. The minimum absolute atomic E-state index is 0.0369. The molecule has 3 unspecified atom stereocenters. The summed E-state index contributed by atoms with van der Waals surface area (Å²) in [6.07, 6.45) is 8.42. The standard InChI is InChI=1S/C16H25N3O2S/c1-10-8-17-15(22-10)14(11-6-7-11)19-16(21)18-13-5-3-2-4-12(13)9-20/h8,11-14,20H,2-7,9H2,1H3,(H2,18,19,21). The molecule has 3 N–H and O–H groups in total. The Hall–Kier alpha value is -1.14. The molecule has 1 aromatic rings. The van der Waals surface area contributed by atoms with Crippen molar-refractivity contribution in [3.63, 3.8) is 0 Å². The average molecular weight is 323 g/mol. The highest BCUT2D eigenvalue weighted by Gasteiger charge is 2.36. The van der Waals surface area contributed by atoms with E-state index in [9.17, 15) is 9.90 Å². The van der Waals surface area contributed by atoms with Crippen LogP contribution in [0, 0.1) is 18.8 Å². The number of aliphatic hydroxyl groups is 1. The average Bonchev–Trinajstić information content (AvgIpc) is 3.27. The molecule has 2 fully saturated rings. The first-order valence-corrected chi connectivity index (χ1v) is 9.09. The van der Waals surface area contributed by atoms with Gasteiger partial charge in [0.15, 0.2) is 0 Å². The van der Waals surface area contributed by atoms with Crippen molar-refractivity contribution in [3.05, 3.63) is 16.1 Å². The van der Waals surface area contributed by atoms with E-state index >= 15 is 0 Å². The summed E-state index contributed by atoms with van der Waals surface area (Å²) in [5.41, 5.74) is 0. The Morgan fingerprint density at radius 1 is 1.41 bits per heavy atom. The normalized spacial score (nSPS) is 26.5. The molecule has 5 nitrogen and oxygen atoms in total. The number of rotatable bonds is 5. The van der Waals surface area contributed by atoms with Crippen LogP contribution in [0.5, 0.6) is 0 Å². The quantitative estimate of drug-likeness (QED) is 0.780. The molecule has 2 amide bonds. The number of carbonyl (C=O) groups is 1. The molecular weight excluding hydrogens is 298 g/mol. The molecule has 1 aromatic heterocycles. The lowest BCUT2D eigenvalue weighted by Crippen LogP contribution is -2.48. The van der Waals surface area contributed by atoms with E-state index in [1.807, 2.05) is 13.1 Å². The minimum Gasteiger partial charge on any atom is -0.396 e. The Morgan fingerprint density at radius 3 is 2.82 bits per heavy atom. The Morgan fingerprint density at radius 2 is 2.18 bits per heavy atom. The minimum atomic E-state index is -0.116. The summed E-state index contributed by atoms with van der Waals surface area (Å²) in [6.45, 7) is 2.20. The number of nitrogens with one attached hydrogen (secondary N) is 2. The fourth-order valence-electron chi connectivity index (χ4n) is 3.29. The van der Waals surface area contributed by atoms with Crippen LogP contribution in [0.1, 0.15) is 54.5 Å². The summed E-state index contributed by atoms with van der Waals surface area (Å²) in [6, 6.07) is 0.0154. The second-order valence-corrected chi connectivity index (χ2v) is 7.84. The van der Waals surface area contributed by atoms with Crippen molar-refractivity contribution in [1.82, 2.24) is 15.6 Å². The maximum atomic E-state index is 12.4. The molecule has 2 saturated carbocycles. The third-order valence-electron chi connectivity index (χ3n) is 4.75. The van der Waals surface area contributed by atoms with Crippen molar-refractivity contribution in [1.29, 1.82) is 0 Å². The third-order valence-corrected chi connectivity index (χ3v) is 5.74. The third kappa shape index (κ3) is 3.79. The van der Waals surface area contributed by atoms with Crippen LogP contribution in [0.2, 0.25) is 0 Å². The topological polar surface area (TPSA) is 74.2 Å². The van der Waals surface area contributed by atoms with Gasteiger partial charge in [0.05, 0.1) is 6.04 Å². The lowest BCUT2D eigenvalue weighted by Gasteiger charge is -2.31. The number of amides is 2. The molecule has 0 aliphatic heterocycles. The van der Waals surface area contributed by atoms with E-state index in [0.29, 0.717) is 5.92 Å². The highest BCUT2D eigenvalue weighted by molar-refractivity contribution is 7.11. The van der Waals surface area contributed by atoms with Gasteiger partial charge < -0.3 is 15.7 Å². The van der Waals surface area contributed by atoms with Gasteiger partial charge in [-0.2, -0.15) is 0 Å². The SMILES string of the molecule is Cc1cnc(C(NC(=O)NC2CCCCC2CO)C2CC2)s1. The van der Waals surface area contributed by atoms with Gasteiger partial charge in [-0.1, -0.05) is 12.8 Å². The fraction of sp³-hybridized carbons (Fsp3) is 0.750. The number of aliphatic hydroxyl groups excluding tert-OH is 1. The Balaban J connectivity index is 1.59. The van der Waals surface area contributed by atoms with Crippen molar-refractivity contribution in [2.75, 3.05) is 6.61 Å². The predicted molar refractivity (Wildman–Crippen MR) is 86.8 cm³/mol. The van der Waals surface area contributed by atoms with Crippen molar-refractivity contribution < 1.29 is 9.90 Å². The second kappa shape index (κ2) is 6.96. The number of urea groups is 1. The molecule has 2 aliphatic rings. The maximum absolute atomic E-state index is 12.4. The van der Waals surface area contributed by atoms with Crippen LogP contribution in [0.25, 0.3) is 0 Å². The molecule has 122 valence electrons. The Labute approximate surface area is 135 Å². The molecule has 2 aliphatic carbocycles. The zero-order chi connectivity index (χ0) is 15.5. The van der Waals surface area contributed by atoms with E-state index in [1.54, 1.807) is 11.3 Å². The lowest BCUT2D eigenvalue weighted by atomic mass is 9.85. The molecular formula is C16H25N3O2S. The van der Waals surface area contributed by atoms with Crippen molar-refractivity contribution in [3.8, 4) is 0 Å². The molecule has 1 heterocycles. The molecule has 22 heavy (non-hydrogen) atoms. The monoisotopic (exact) mass is 323 g/mol. The highest BCUT2D eigenvalue weighted by atomic mass is 32.1. The van der Waals surface area contributed by atoms with Crippen LogP contribution in [0.15, 0.2) is 6.20 Å². The number of hydrogen-bond acceptors (Lipinski definition) is 4. The summed E-state index contributed by atoms with van der Waals surface area (Å²) in [7, 11) is 0. The van der Waals surface area contributed by atoms with E-state index in [1.165, 1.54) is 4.88 Å². The first-order chi connectivity index (χ1) is 10.7. The molecule has 6 heteroatoms. The van der Waals surface area contributed by atoms with Crippen LogP contribution in [0.3, 0.4) is 0 Å². The Kier molecular flexibility index (Phi) is 4.98. The van der Waals surface area contributed by atoms with Gasteiger partial charge in [-0.05, 0) is 38.5 Å². The van der Waals surface area contributed by atoms with Gasteiger partial charge in [0.1, 0.15) is 5.01 Å². The van der Waals surface area contributed by atoms with E-state index < -0.39 is 0 Å². The molecule has 0 spiro atoms. The van der Waals surface area contributed by atoms with E-state index in [4.69, 9.17) is 0 Å². The summed E-state index contributed by atoms with van der Waals surface area (Å²) < 4.78 is 0. The van der Waals surface area contributed by atoms with Crippen molar-refractivity contribution in [2.45, 2.75) is 57.5 Å². The first kappa shape index (κ1) is 15.7. The number of nitrogens with zero attached hydrogens (tertiary/aromatic N) is 1. The van der Waals surface area contributed by atoms with Gasteiger partial charge in [-0.15, -0.1) is 11.3 Å². The van der Waals surface area contributed by atoms with Crippen LogP contribution < -0.4 is 10.6 Å². The van der Waals surface area contributed by atoms with Gasteiger partial charge in [0.25, 0.3) is 0 Å². The van der Waals surface area contributed by atoms with Gasteiger partial charge in [-0.25, -0.2) is 9.78 Å². The van der Waals surface area contributed by atoms with E-state index in [0.717, 1.165) is 43.5 Å². The second-order valence-electron chi connectivity index (χ2n) is 6.58. The number of aryl methyl sites for hydroxylation is 1. The number of aromatic nitrogens is 1. The molecule has 0 saturated heterocycles. The van der Waals surface area contributed by atoms with E-state index in [-0.39, 0.29) is 30.6 Å². The van der Waals surface area contributed by atoms with Gasteiger partial charge in [0.2, 0.25) is 0 Å². The number of thiazole rings is 1. The number of hydrogen-bond donors (Lipinski definition) is 3. The van der Waals surface area contributed by atoms with Crippen LogP contribution in [0.4, 0.5) is 4.79 Å². The van der Waals surface area contributed by atoms with Crippen LogP contribution in [-0.4, -0.2) is 28.8 Å². The van der Waals surface area contributed by atoms with Crippen molar-refractivity contribution >= 4 is 17.4 Å². The lowest BCUT2D eigenvalue weighted by molar-refractivity contribution is 0.153. The van der Waals surface area contributed by atoms with Gasteiger partial charge in [-0.3, -0.25) is 0 Å². The van der Waals surface area contributed by atoms with Gasteiger partial charge in [0, 0.05) is 29.6 Å². The highest BCUT2D eigenvalue weighted by Crippen LogP contribution is 2.42. The predicted octanol–water partition coefficient (Wildman–Crippen LogP) is 2.75. The van der Waals surface area contributed by atoms with Crippen LogP contribution >= 0.6 is 11.3 Å². The zero-order valence-corrected chi connectivity index (χ0v) is 13.9. The summed E-state index contributed by atoms with van der Waals surface area (Å²) in [5, 5.41) is 16.7. The molecule has 0 bridgehead atoms. The number of carbonyl (C=O) groups excluding carboxylic acids is 1. The smallest absolute Gasteiger partial charge is 0.315 e. The molecule has 3 rings (SSSR count). The molecule has 0 aromatic carbocycles. The maximum Gasteiger partial charge on any atom is 0.315 e. The van der Waals surface area contributed by atoms with Gasteiger partial charge >= 0.3 is 6.03 Å². The summed E-state index contributed by atoms with van der Waals surface area (Å²) in [5.74, 6) is 0.720. The molecule has 0 radical (unpaired) electrons. The molecule has 3 atom stereocenters. The Bertz CT molecular complexity index is 515. The summed E-state index contributed by atoms with van der Waals surface area (Å²) in [4.78, 5) is 18.0. The van der Waals surface area contributed by atoms with Crippen LogP contribution in [-0.2, 0) is 0 Å².